The summed E-state index contributed by atoms with van der Waals surface area (Å²) < 4.78 is 9.53. The number of carbonyl (C=O) groups excluding carboxylic acids is 2. The van der Waals surface area contributed by atoms with Crippen LogP contribution in [0.2, 0.25) is 0 Å². The van der Waals surface area contributed by atoms with Crippen LogP contribution in [0.1, 0.15) is 34.8 Å². The van der Waals surface area contributed by atoms with E-state index in [1.807, 2.05) is 19.1 Å². The summed E-state index contributed by atoms with van der Waals surface area (Å²) in [5.41, 5.74) is 2.41. The van der Waals surface area contributed by atoms with Crippen molar-refractivity contribution >= 4 is 11.9 Å². The molecule has 0 aliphatic heterocycles. The summed E-state index contributed by atoms with van der Waals surface area (Å²) in [6.45, 7) is 4.03. The topological polar surface area (TPSA) is 52.6 Å². The zero-order valence-electron chi connectivity index (χ0n) is 11.0. The fraction of sp³-hybridized carbons (Fsp3) is 0.429. The van der Waals surface area contributed by atoms with Crippen LogP contribution in [0.4, 0.5) is 0 Å². The number of methoxy groups -OCH3 is 1. The van der Waals surface area contributed by atoms with E-state index in [-0.39, 0.29) is 11.9 Å². The van der Waals surface area contributed by atoms with Crippen LogP contribution in [-0.2, 0) is 20.7 Å². The van der Waals surface area contributed by atoms with Gasteiger partial charge in [-0.2, -0.15) is 0 Å². The maximum absolute atomic E-state index is 11.4. The summed E-state index contributed by atoms with van der Waals surface area (Å²) in [5, 5.41) is 0. The zero-order chi connectivity index (χ0) is 13.5. The minimum atomic E-state index is -0.343. The van der Waals surface area contributed by atoms with Gasteiger partial charge in [-0.15, -0.1) is 0 Å². The summed E-state index contributed by atoms with van der Waals surface area (Å²) in [5.74, 6) is -0.545. The van der Waals surface area contributed by atoms with E-state index in [4.69, 9.17) is 4.74 Å². The van der Waals surface area contributed by atoms with Gasteiger partial charge in [-0.1, -0.05) is 12.1 Å². The molecular formula is C14H18O4. The fourth-order valence-corrected chi connectivity index (χ4v) is 1.70. The molecule has 0 fully saturated rings. The lowest BCUT2D eigenvalue weighted by atomic mass is 10.0. The Labute approximate surface area is 107 Å². The number of ether oxygens (including phenoxy) is 2. The molecule has 0 aliphatic rings. The third-order valence-electron chi connectivity index (χ3n) is 2.62. The Balaban J connectivity index is 2.67. The van der Waals surface area contributed by atoms with Crippen molar-refractivity contribution < 1.29 is 19.1 Å². The van der Waals surface area contributed by atoms with Crippen molar-refractivity contribution in [3.8, 4) is 0 Å². The lowest BCUT2D eigenvalue weighted by Gasteiger charge is -2.07. The number of carbonyl (C=O) groups is 2. The van der Waals surface area contributed by atoms with Gasteiger partial charge in [0.15, 0.2) is 0 Å². The van der Waals surface area contributed by atoms with Crippen molar-refractivity contribution in [3.05, 3.63) is 34.9 Å². The largest absolute Gasteiger partial charge is 0.466 e. The molecule has 0 saturated heterocycles. The molecule has 0 amide bonds. The van der Waals surface area contributed by atoms with E-state index in [1.54, 1.807) is 13.0 Å². The van der Waals surface area contributed by atoms with E-state index < -0.39 is 0 Å². The first-order chi connectivity index (χ1) is 8.58. The highest BCUT2D eigenvalue weighted by Crippen LogP contribution is 2.13. The molecule has 0 heterocycles. The maximum Gasteiger partial charge on any atom is 0.338 e. The van der Waals surface area contributed by atoms with E-state index in [0.717, 1.165) is 11.1 Å². The Bertz CT molecular complexity index is 437. The Hall–Kier alpha value is -1.84. The number of hydrogen-bond acceptors (Lipinski definition) is 4. The molecular weight excluding hydrogens is 232 g/mol. The Morgan fingerprint density at radius 1 is 1.28 bits per heavy atom. The van der Waals surface area contributed by atoms with Gasteiger partial charge in [0.05, 0.1) is 19.3 Å². The second kappa shape index (κ2) is 6.79. The third-order valence-corrected chi connectivity index (χ3v) is 2.62. The molecule has 1 aromatic carbocycles. The maximum atomic E-state index is 11.4. The van der Waals surface area contributed by atoms with Crippen molar-refractivity contribution in [1.82, 2.24) is 0 Å². The summed E-state index contributed by atoms with van der Waals surface area (Å²) >= 11 is 0. The van der Waals surface area contributed by atoms with Crippen LogP contribution in [0.25, 0.3) is 0 Å². The van der Waals surface area contributed by atoms with Crippen LogP contribution < -0.4 is 0 Å². The highest BCUT2D eigenvalue weighted by molar-refractivity contribution is 5.91. The minimum absolute atomic E-state index is 0.202. The van der Waals surface area contributed by atoms with Gasteiger partial charge < -0.3 is 9.47 Å². The molecule has 0 saturated carbocycles. The van der Waals surface area contributed by atoms with E-state index in [1.165, 1.54) is 7.11 Å². The molecule has 18 heavy (non-hydrogen) atoms. The predicted molar refractivity (Wildman–Crippen MR) is 67.5 cm³/mol. The Morgan fingerprint density at radius 3 is 2.56 bits per heavy atom. The smallest absolute Gasteiger partial charge is 0.338 e. The first kappa shape index (κ1) is 14.2. The van der Waals surface area contributed by atoms with Gasteiger partial charge in [0.25, 0.3) is 0 Å². The number of aryl methyl sites for hydroxylation is 2. The molecule has 0 aliphatic carbocycles. The number of hydrogen-bond donors (Lipinski definition) is 0. The highest BCUT2D eigenvalue weighted by atomic mass is 16.5. The van der Waals surface area contributed by atoms with Crippen LogP contribution in [0.3, 0.4) is 0 Å². The molecule has 0 unspecified atom stereocenters. The molecule has 4 heteroatoms. The van der Waals surface area contributed by atoms with Crippen LogP contribution >= 0.6 is 0 Å². The fourth-order valence-electron chi connectivity index (χ4n) is 1.70. The van der Waals surface area contributed by atoms with Gasteiger partial charge in [0.2, 0.25) is 0 Å². The minimum Gasteiger partial charge on any atom is -0.466 e. The van der Waals surface area contributed by atoms with Crippen molar-refractivity contribution in [1.29, 1.82) is 0 Å². The molecule has 0 radical (unpaired) electrons. The lowest BCUT2D eigenvalue weighted by molar-refractivity contribution is -0.143. The van der Waals surface area contributed by atoms with Gasteiger partial charge in [-0.25, -0.2) is 4.79 Å². The third kappa shape index (κ3) is 3.87. The van der Waals surface area contributed by atoms with Gasteiger partial charge in [-0.3, -0.25) is 4.79 Å². The molecule has 0 bridgehead atoms. The van der Waals surface area contributed by atoms with E-state index in [0.29, 0.717) is 25.0 Å². The summed E-state index contributed by atoms with van der Waals surface area (Å²) in [6.07, 6.45) is 0.964. The standard InChI is InChI=1S/C14H18O4/c1-4-18-13(15)8-6-11-5-7-12(10(2)9-11)14(16)17-3/h5,7,9H,4,6,8H2,1-3H3. The molecule has 98 valence electrons. The Kier molecular flexibility index (Phi) is 5.36. The predicted octanol–water partition coefficient (Wildman–Crippen LogP) is 2.28. The summed E-state index contributed by atoms with van der Waals surface area (Å²) in [4.78, 5) is 22.6. The number of esters is 2. The van der Waals surface area contributed by atoms with Gasteiger partial charge >= 0.3 is 11.9 Å². The zero-order valence-corrected chi connectivity index (χ0v) is 11.0. The molecule has 0 spiro atoms. The van der Waals surface area contributed by atoms with Crippen LogP contribution in [0, 0.1) is 6.92 Å². The van der Waals surface area contributed by atoms with E-state index >= 15 is 0 Å². The molecule has 0 atom stereocenters. The van der Waals surface area contributed by atoms with Crippen molar-refractivity contribution in [3.63, 3.8) is 0 Å². The van der Waals surface area contributed by atoms with Gasteiger partial charge in [0, 0.05) is 6.42 Å². The normalized spacial score (nSPS) is 9.94. The van der Waals surface area contributed by atoms with Gasteiger partial charge in [0.1, 0.15) is 0 Å². The average molecular weight is 250 g/mol. The molecule has 1 aromatic rings. The summed E-state index contributed by atoms with van der Waals surface area (Å²) in [7, 11) is 1.36. The van der Waals surface area contributed by atoms with Crippen molar-refractivity contribution in [2.75, 3.05) is 13.7 Å². The summed E-state index contributed by atoms with van der Waals surface area (Å²) in [6, 6.07) is 5.45. The van der Waals surface area contributed by atoms with Crippen molar-refractivity contribution in [2.24, 2.45) is 0 Å². The van der Waals surface area contributed by atoms with Crippen LogP contribution in [0.15, 0.2) is 18.2 Å². The van der Waals surface area contributed by atoms with Gasteiger partial charge in [-0.05, 0) is 37.5 Å². The first-order valence-corrected chi connectivity index (χ1v) is 5.92. The average Bonchev–Trinajstić information content (AvgIpc) is 2.36. The second-order valence-corrected chi connectivity index (χ2v) is 3.95. The Morgan fingerprint density at radius 2 is 2.00 bits per heavy atom. The lowest BCUT2D eigenvalue weighted by Crippen LogP contribution is -2.07. The molecule has 4 nitrogen and oxygen atoms in total. The SMILES string of the molecule is CCOC(=O)CCc1ccc(C(=O)OC)c(C)c1. The van der Waals surface area contributed by atoms with Crippen LogP contribution in [-0.4, -0.2) is 25.7 Å². The molecule has 0 N–H and O–H groups in total. The first-order valence-electron chi connectivity index (χ1n) is 5.92. The highest BCUT2D eigenvalue weighted by Gasteiger charge is 2.10. The molecule has 0 aromatic heterocycles. The van der Waals surface area contributed by atoms with Crippen molar-refractivity contribution in [2.45, 2.75) is 26.7 Å². The van der Waals surface area contributed by atoms with E-state index in [9.17, 15) is 9.59 Å². The number of benzene rings is 1. The van der Waals surface area contributed by atoms with E-state index in [2.05, 4.69) is 4.74 Å². The monoisotopic (exact) mass is 250 g/mol. The number of rotatable bonds is 5. The quantitative estimate of drug-likeness (QED) is 0.752. The van der Waals surface area contributed by atoms with Crippen LogP contribution in [0.5, 0.6) is 0 Å². The second-order valence-electron chi connectivity index (χ2n) is 3.95. The molecule has 1 rings (SSSR count).